The van der Waals surface area contributed by atoms with Gasteiger partial charge in [-0.2, -0.15) is 5.26 Å². The zero-order valence-corrected chi connectivity index (χ0v) is 29.4. The number of nitriles is 1. The number of hydrogen-bond acceptors (Lipinski definition) is 5. The lowest BCUT2D eigenvalue weighted by molar-refractivity contribution is -0.0133. The first-order chi connectivity index (χ1) is 21.9. The van der Waals surface area contributed by atoms with Gasteiger partial charge in [-0.05, 0) is 82.8 Å². The Labute approximate surface area is 274 Å². The first kappa shape index (κ1) is 32.6. The van der Waals surface area contributed by atoms with Crippen molar-refractivity contribution in [2.24, 2.45) is 18.4 Å². The molecule has 2 aromatic carbocycles. The second kappa shape index (κ2) is 12.7. The maximum absolute atomic E-state index is 15.5. The van der Waals surface area contributed by atoms with Crippen molar-refractivity contribution in [1.82, 2.24) is 24.2 Å². The Morgan fingerprint density at radius 3 is 2.63 bits per heavy atom. The first-order valence-corrected chi connectivity index (χ1v) is 20.5. The number of alkyl halides is 1. The zero-order valence-electron chi connectivity index (χ0n) is 28.4. The SMILES string of the molecule is Cn1cnnc1C1(c2ccc(-c3ccc4ccn(COCC[Si](C)(C)C)c4c3)c(CN3CC(C)(C)CCC3F)c2)CC(CC#N)C1. The summed E-state index contributed by atoms with van der Waals surface area (Å²) in [5, 5.41) is 19.4. The van der Waals surface area contributed by atoms with Crippen molar-refractivity contribution >= 4 is 19.0 Å². The molecule has 6 rings (SSSR count). The van der Waals surface area contributed by atoms with Crippen molar-refractivity contribution in [3.8, 4) is 17.2 Å². The van der Waals surface area contributed by atoms with Gasteiger partial charge in [0.2, 0.25) is 0 Å². The Morgan fingerprint density at radius 1 is 1.11 bits per heavy atom. The topological polar surface area (TPSA) is 71.9 Å². The van der Waals surface area contributed by atoms with E-state index in [1.165, 1.54) is 10.9 Å². The van der Waals surface area contributed by atoms with Gasteiger partial charge < -0.3 is 13.9 Å². The monoisotopic (exact) mass is 640 g/mol. The molecule has 3 heterocycles. The third-order valence-corrected chi connectivity index (χ3v) is 11.9. The highest BCUT2D eigenvalue weighted by atomic mass is 28.3. The van der Waals surface area contributed by atoms with Gasteiger partial charge >= 0.3 is 0 Å². The van der Waals surface area contributed by atoms with Gasteiger partial charge in [0, 0.05) is 47.4 Å². The highest BCUT2D eigenvalue weighted by Gasteiger charge is 2.50. The lowest BCUT2D eigenvalue weighted by Crippen LogP contribution is -2.45. The molecule has 2 aromatic heterocycles. The normalized spacial score (nSPS) is 23.3. The quantitative estimate of drug-likeness (QED) is 0.0938. The van der Waals surface area contributed by atoms with Gasteiger partial charge in [-0.3, -0.25) is 4.90 Å². The molecule has 2 fully saturated rings. The Kier molecular flexibility index (Phi) is 9.01. The second-order valence-corrected chi connectivity index (χ2v) is 21.4. The highest BCUT2D eigenvalue weighted by Crippen LogP contribution is 2.53. The van der Waals surface area contributed by atoms with Crippen LogP contribution in [0.4, 0.5) is 4.39 Å². The van der Waals surface area contributed by atoms with Gasteiger partial charge in [-0.25, -0.2) is 4.39 Å². The number of nitrogens with zero attached hydrogens (tertiary/aromatic N) is 6. The summed E-state index contributed by atoms with van der Waals surface area (Å²) in [6, 6.07) is 19.0. The van der Waals surface area contributed by atoms with Crippen LogP contribution in [0, 0.1) is 22.7 Å². The molecule has 2 aliphatic rings. The summed E-state index contributed by atoms with van der Waals surface area (Å²) in [6.07, 6.45) is 6.59. The number of fused-ring (bicyclic) bond motifs is 1. The molecule has 1 saturated carbocycles. The first-order valence-electron chi connectivity index (χ1n) is 16.8. The number of halogens is 1. The van der Waals surface area contributed by atoms with E-state index in [0.29, 0.717) is 38.6 Å². The van der Waals surface area contributed by atoms with Crippen molar-refractivity contribution in [3.05, 3.63) is 71.9 Å². The molecule has 1 saturated heterocycles. The fraction of sp³-hybridized carbons (Fsp3) is 0.541. The molecule has 1 atom stereocenters. The molecule has 0 N–H and O–H groups in total. The summed E-state index contributed by atoms with van der Waals surface area (Å²) < 4.78 is 25.9. The lowest BCUT2D eigenvalue weighted by Gasteiger charge is -2.47. The van der Waals surface area contributed by atoms with E-state index in [1.807, 2.05) is 16.5 Å². The fourth-order valence-corrected chi connectivity index (χ4v) is 8.32. The number of benzene rings is 2. The molecule has 0 amide bonds. The molecule has 9 heteroatoms. The van der Waals surface area contributed by atoms with Gasteiger partial charge in [0.1, 0.15) is 18.9 Å². The van der Waals surface area contributed by atoms with Crippen LogP contribution >= 0.6 is 0 Å². The molecule has 46 heavy (non-hydrogen) atoms. The summed E-state index contributed by atoms with van der Waals surface area (Å²) in [6.45, 7) is 14.1. The number of piperidine rings is 1. The van der Waals surface area contributed by atoms with Crippen molar-refractivity contribution < 1.29 is 9.13 Å². The van der Waals surface area contributed by atoms with Gasteiger partial charge in [-0.15, -0.1) is 10.2 Å². The van der Waals surface area contributed by atoms with Gasteiger partial charge in [0.25, 0.3) is 0 Å². The Balaban J connectivity index is 1.39. The van der Waals surface area contributed by atoms with Crippen LogP contribution in [-0.4, -0.2) is 51.8 Å². The molecule has 244 valence electrons. The van der Waals surface area contributed by atoms with E-state index in [0.717, 1.165) is 59.9 Å². The molecular weight excluding hydrogens is 592 g/mol. The van der Waals surface area contributed by atoms with E-state index in [1.54, 1.807) is 6.33 Å². The number of likely N-dealkylation sites (tertiary alicyclic amines) is 1. The van der Waals surface area contributed by atoms with Crippen LogP contribution in [0.5, 0.6) is 0 Å². The summed E-state index contributed by atoms with van der Waals surface area (Å²) in [5.41, 5.74) is 5.41. The van der Waals surface area contributed by atoms with Crippen LogP contribution in [0.15, 0.2) is 55.0 Å². The van der Waals surface area contributed by atoms with Gasteiger partial charge in [0.15, 0.2) is 6.30 Å². The van der Waals surface area contributed by atoms with Crippen LogP contribution in [-0.2, 0) is 30.5 Å². The third-order valence-electron chi connectivity index (χ3n) is 10.2. The average molecular weight is 641 g/mol. The van der Waals surface area contributed by atoms with E-state index >= 15 is 4.39 Å². The number of hydrogen-bond donors (Lipinski definition) is 0. The number of aromatic nitrogens is 4. The molecule has 1 aliphatic heterocycles. The summed E-state index contributed by atoms with van der Waals surface area (Å²) in [7, 11) is 0.834. The average Bonchev–Trinajstić information content (AvgIpc) is 3.60. The molecule has 4 aromatic rings. The van der Waals surface area contributed by atoms with E-state index in [4.69, 9.17) is 4.74 Å². The summed E-state index contributed by atoms with van der Waals surface area (Å²) >= 11 is 0. The van der Waals surface area contributed by atoms with E-state index in [2.05, 4.69) is 103 Å². The molecule has 0 radical (unpaired) electrons. The van der Waals surface area contributed by atoms with Gasteiger partial charge in [0.05, 0.1) is 17.0 Å². The predicted octanol–water partition coefficient (Wildman–Crippen LogP) is 8.28. The van der Waals surface area contributed by atoms with Crippen LogP contribution in [0.1, 0.15) is 62.9 Å². The third kappa shape index (κ3) is 6.71. The van der Waals surface area contributed by atoms with Gasteiger partial charge in [-0.1, -0.05) is 63.8 Å². The van der Waals surface area contributed by atoms with Crippen LogP contribution in [0.3, 0.4) is 0 Å². The van der Waals surface area contributed by atoms with Crippen molar-refractivity contribution in [3.63, 3.8) is 0 Å². The zero-order chi connectivity index (χ0) is 32.7. The summed E-state index contributed by atoms with van der Waals surface area (Å²) in [4.78, 5) is 2.02. The Hall–Kier alpha value is -3.32. The minimum absolute atomic E-state index is 0.0634. The van der Waals surface area contributed by atoms with Crippen LogP contribution < -0.4 is 0 Å². The highest BCUT2D eigenvalue weighted by molar-refractivity contribution is 6.76. The standard InChI is InChI=1S/C37H49FN6OSi/c1-36(2)14-11-34(38)44(24-36)23-30-19-31(37(21-27(22-37)12-15-39)35-41-40-25-42(35)3)9-10-32(30)29-8-7-28-13-16-43(33(28)20-29)26-45-17-18-46(4,5)6/h7-10,13,16,19-20,25,27,34H,11-12,14,17-18,21-24,26H2,1-6H3. The maximum Gasteiger partial charge on any atom is 0.153 e. The van der Waals surface area contributed by atoms with E-state index in [-0.39, 0.29) is 10.8 Å². The lowest BCUT2D eigenvalue weighted by atomic mass is 9.57. The van der Waals surface area contributed by atoms with Crippen LogP contribution in [0.2, 0.25) is 25.7 Å². The number of rotatable bonds is 11. The minimum Gasteiger partial charge on any atom is -0.361 e. The van der Waals surface area contributed by atoms with Crippen molar-refractivity contribution in [2.45, 2.75) is 96.6 Å². The molecule has 7 nitrogen and oxygen atoms in total. The van der Waals surface area contributed by atoms with E-state index in [9.17, 15) is 5.26 Å². The Bertz CT molecular complexity index is 1720. The maximum atomic E-state index is 15.5. The number of ether oxygens (including phenoxy) is 1. The van der Waals surface area contributed by atoms with E-state index < -0.39 is 14.4 Å². The molecule has 0 bridgehead atoms. The van der Waals surface area contributed by atoms with Crippen molar-refractivity contribution in [2.75, 3.05) is 13.2 Å². The molecule has 1 aliphatic carbocycles. The second-order valence-electron chi connectivity index (χ2n) is 15.8. The number of aryl methyl sites for hydroxylation is 1. The van der Waals surface area contributed by atoms with Crippen LogP contribution in [0.25, 0.3) is 22.0 Å². The van der Waals surface area contributed by atoms with Crippen molar-refractivity contribution in [1.29, 1.82) is 5.26 Å². The predicted molar refractivity (Wildman–Crippen MR) is 185 cm³/mol. The molecule has 1 unspecified atom stereocenters. The smallest absolute Gasteiger partial charge is 0.153 e. The summed E-state index contributed by atoms with van der Waals surface area (Å²) in [5.74, 6) is 1.25. The molecule has 0 spiro atoms. The molecular formula is C37H49FN6OSi. The fourth-order valence-electron chi connectivity index (χ4n) is 7.57. The Morgan fingerprint density at radius 2 is 1.91 bits per heavy atom. The minimum atomic E-state index is -1.16. The largest absolute Gasteiger partial charge is 0.361 e.